The first-order valence-corrected chi connectivity index (χ1v) is 8.10. The molecular formula is C14H20Br2. The molecular weight excluding hydrogens is 328 g/mol. The van der Waals surface area contributed by atoms with Crippen LogP contribution in [-0.2, 0) is 5.41 Å². The molecule has 0 aliphatic rings. The van der Waals surface area contributed by atoms with Crippen molar-refractivity contribution in [2.45, 2.75) is 32.1 Å². The van der Waals surface area contributed by atoms with Gasteiger partial charge in [0.1, 0.15) is 0 Å². The Labute approximate surface area is 116 Å². The van der Waals surface area contributed by atoms with Gasteiger partial charge in [0, 0.05) is 16.1 Å². The minimum Gasteiger partial charge on any atom is -0.0918 e. The Balaban J connectivity index is 2.96. The number of rotatable bonds is 6. The lowest BCUT2D eigenvalue weighted by atomic mass is 9.77. The van der Waals surface area contributed by atoms with E-state index in [-0.39, 0.29) is 5.41 Å². The predicted molar refractivity (Wildman–Crippen MR) is 79.8 cm³/mol. The van der Waals surface area contributed by atoms with E-state index in [9.17, 15) is 0 Å². The molecule has 0 fully saturated rings. The molecule has 0 bridgehead atoms. The third-order valence-electron chi connectivity index (χ3n) is 3.33. The molecule has 0 spiro atoms. The van der Waals surface area contributed by atoms with Crippen LogP contribution in [0.3, 0.4) is 0 Å². The molecule has 0 heterocycles. The average molecular weight is 348 g/mol. The molecule has 0 aliphatic heterocycles. The third-order valence-corrected chi connectivity index (χ3v) is 5.48. The molecule has 1 aromatic rings. The molecule has 1 atom stereocenters. The summed E-state index contributed by atoms with van der Waals surface area (Å²) < 4.78 is 0. The molecule has 0 saturated carbocycles. The Morgan fingerprint density at radius 3 is 2.12 bits per heavy atom. The highest BCUT2D eigenvalue weighted by Gasteiger charge is 2.31. The summed E-state index contributed by atoms with van der Waals surface area (Å²) in [5, 5.41) is 2.03. The van der Waals surface area contributed by atoms with E-state index in [1.807, 2.05) is 0 Å². The maximum atomic E-state index is 3.70. The highest BCUT2D eigenvalue weighted by atomic mass is 79.9. The van der Waals surface area contributed by atoms with Crippen LogP contribution >= 0.6 is 31.9 Å². The minimum atomic E-state index is 0.233. The first kappa shape index (κ1) is 14.2. The van der Waals surface area contributed by atoms with Crippen LogP contribution in [0.25, 0.3) is 0 Å². The molecule has 16 heavy (non-hydrogen) atoms. The van der Waals surface area contributed by atoms with Crippen molar-refractivity contribution in [3.63, 3.8) is 0 Å². The fourth-order valence-corrected chi connectivity index (χ4v) is 4.05. The van der Waals surface area contributed by atoms with Crippen molar-refractivity contribution in [1.29, 1.82) is 0 Å². The highest BCUT2D eigenvalue weighted by molar-refractivity contribution is 9.09. The van der Waals surface area contributed by atoms with Crippen LogP contribution in [0.15, 0.2) is 30.3 Å². The standard InChI is InChI=1S/C14H20Br2/c1-3-12(2)9-14(10-15,11-16)13-7-5-4-6-8-13/h4-8,12H,3,9-11H2,1-2H3. The lowest BCUT2D eigenvalue weighted by Crippen LogP contribution is -2.32. The van der Waals surface area contributed by atoms with Crippen LogP contribution in [0.4, 0.5) is 0 Å². The summed E-state index contributed by atoms with van der Waals surface area (Å²) in [7, 11) is 0. The first-order chi connectivity index (χ1) is 7.68. The lowest BCUT2D eigenvalue weighted by Gasteiger charge is -2.33. The second-order valence-electron chi connectivity index (χ2n) is 4.63. The largest absolute Gasteiger partial charge is 0.0918 e. The zero-order valence-electron chi connectivity index (χ0n) is 10.0. The van der Waals surface area contributed by atoms with Gasteiger partial charge < -0.3 is 0 Å². The molecule has 2 heteroatoms. The third kappa shape index (κ3) is 3.33. The van der Waals surface area contributed by atoms with Crippen LogP contribution < -0.4 is 0 Å². The SMILES string of the molecule is CCC(C)CC(CBr)(CBr)c1ccccc1. The number of alkyl halides is 2. The van der Waals surface area contributed by atoms with Crippen molar-refractivity contribution >= 4 is 31.9 Å². The topological polar surface area (TPSA) is 0 Å². The van der Waals surface area contributed by atoms with E-state index >= 15 is 0 Å². The fraction of sp³-hybridized carbons (Fsp3) is 0.571. The van der Waals surface area contributed by atoms with Gasteiger partial charge in [-0.1, -0.05) is 82.5 Å². The molecule has 0 radical (unpaired) electrons. The zero-order valence-corrected chi connectivity index (χ0v) is 13.2. The number of hydrogen-bond donors (Lipinski definition) is 0. The molecule has 0 saturated heterocycles. The summed E-state index contributed by atoms with van der Waals surface area (Å²) in [6.45, 7) is 4.60. The van der Waals surface area contributed by atoms with Crippen molar-refractivity contribution < 1.29 is 0 Å². The molecule has 0 nitrogen and oxygen atoms in total. The second-order valence-corrected chi connectivity index (χ2v) is 5.75. The molecule has 1 aromatic carbocycles. The van der Waals surface area contributed by atoms with Crippen LogP contribution in [0.1, 0.15) is 32.3 Å². The van der Waals surface area contributed by atoms with E-state index in [0.717, 1.165) is 16.6 Å². The predicted octanol–water partition coefficient (Wildman–Crippen LogP) is 5.15. The van der Waals surface area contributed by atoms with E-state index in [1.165, 1.54) is 18.4 Å². The van der Waals surface area contributed by atoms with E-state index in [4.69, 9.17) is 0 Å². The molecule has 0 aliphatic carbocycles. The fourth-order valence-electron chi connectivity index (χ4n) is 2.02. The Bertz CT molecular complexity index is 291. The molecule has 1 unspecified atom stereocenters. The highest BCUT2D eigenvalue weighted by Crippen LogP contribution is 2.35. The number of hydrogen-bond acceptors (Lipinski definition) is 0. The molecule has 0 amide bonds. The first-order valence-electron chi connectivity index (χ1n) is 5.86. The van der Waals surface area contributed by atoms with E-state index in [1.54, 1.807) is 0 Å². The van der Waals surface area contributed by atoms with E-state index < -0.39 is 0 Å². The number of halogens is 2. The average Bonchev–Trinajstić information content (AvgIpc) is 2.37. The Kier molecular flexibility index (Phi) is 6.06. The Morgan fingerprint density at radius 2 is 1.69 bits per heavy atom. The van der Waals surface area contributed by atoms with Gasteiger partial charge >= 0.3 is 0 Å². The lowest BCUT2D eigenvalue weighted by molar-refractivity contribution is 0.387. The van der Waals surface area contributed by atoms with Gasteiger partial charge in [0.15, 0.2) is 0 Å². The van der Waals surface area contributed by atoms with Crippen molar-refractivity contribution in [3.05, 3.63) is 35.9 Å². The van der Waals surface area contributed by atoms with Crippen LogP contribution in [0.5, 0.6) is 0 Å². The van der Waals surface area contributed by atoms with E-state index in [0.29, 0.717) is 0 Å². The van der Waals surface area contributed by atoms with Crippen molar-refractivity contribution in [1.82, 2.24) is 0 Å². The summed E-state index contributed by atoms with van der Waals surface area (Å²) in [5.41, 5.74) is 1.67. The van der Waals surface area contributed by atoms with Crippen molar-refractivity contribution in [2.24, 2.45) is 5.92 Å². The van der Waals surface area contributed by atoms with Crippen molar-refractivity contribution in [3.8, 4) is 0 Å². The van der Waals surface area contributed by atoms with Gasteiger partial charge in [-0.15, -0.1) is 0 Å². The van der Waals surface area contributed by atoms with Gasteiger partial charge in [-0.2, -0.15) is 0 Å². The normalized spacial score (nSPS) is 13.8. The Hall–Kier alpha value is 0.180. The monoisotopic (exact) mass is 346 g/mol. The smallest absolute Gasteiger partial charge is 0.0149 e. The molecule has 0 N–H and O–H groups in total. The molecule has 0 aromatic heterocycles. The van der Waals surface area contributed by atoms with Gasteiger partial charge in [0.25, 0.3) is 0 Å². The van der Waals surface area contributed by atoms with Gasteiger partial charge in [-0.3, -0.25) is 0 Å². The number of benzene rings is 1. The quantitative estimate of drug-likeness (QED) is 0.624. The van der Waals surface area contributed by atoms with Crippen LogP contribution in [-0.4, -0.2) is 10.7 Å². The second kappa shape index (κ2) is 6.80. The maximum Gasteiger partial charge on any atom is 0.0149 e. The van der Waals surface area contributed by atoms with Crippen LogP contribution in [0.2, 0.25) is 0 Å². The summed E-state index contributed by atoms with van der Waals surface area (Å²) in [6, 6.07) is 10.8. The van der Waals surface area contributed by atoms with Gasteiger partial charge in [-0.25, -0.2) is 0 Å². The van der Waals surface area contributed by atoms with Gasteiger partial charge in [0.2, 0.25) is 0 Å². The summed E-state index contributed by atoms with van der Waals surface area (Å²) in [6.07, 6.45) is 2.47. The van der Waals surface area contributed by atoms with Crippen molar-refractivity contribution in [2.75, 3.05) is 10.7 Å². The summed E-state index contributed by atoms with van der Waals surface area (Å²) >= 11 is 7.40. The van der Waals surface area contributed by atoms with Gasteiger partial charge in [-0.05, 0) is 17.9 Å². The molecule has 90 valence electrons. The van der Waals surface area contributed by atoms with E-state index in [2.05, 4.69) is 76.0 Å². The Morgan fingerprint density at radius 1 is 1.12 bits per heavy atom. The minimum absolute atomic E-state index is 0.233. The van der Waals surface area contributed by atoms with Gasteiger partial charge in [0.05, 0.1) is 0 Å². The molecule has 1 rings (SSSR count). The zero-order chi connectivity index (χ0) is 12.0. The van der Waals surface area contributed by atoms with Crippen LogP contribution in [0, 0.1) is 5.92 Å². The summed E-state index contributed by atoms with van der Waals surface area (Å²) in [4.78, 5) is 0. The maximum absolute atomic E-state index is 3.70. The summed E-state index contributed by atoms with van der Waals surface area (Å²) in [5.74, 6) is 0.760.